The Morgan fingerprint density at radius 1 is 1.00 bits per heavy atom. The molecule has 0 bridgehead atoms. The van der Waals surface area contributed by atoms with Gasteiger partial charge in [0.15, 0.2) is 0 Å². The molecule has 0 aliphatic carbocycles. The van der Waals surface area contributed by atoms with E-state index in [4.69, 9.17) is 25.6 Å². The van der Waals surface area contributed by atoms with Crippen molar-refractivity contribution in [1.82, 2.24) is 10.6 Å². The number of hydrogen-bond acceptors (Lipinski definition) is 8. The van der Waals surface area contributed by atoms with Gasteiger partial charge in [-0.05, 0) is 50.2 Å². The Morgan fingerprint density at radius 2 is 1.52 bits per heavy atom. The van der Waals surface area contributed by atoms with Crippen LogP contribution in [0.15, 0.2) is 47.4 Å². The standard InChI is InChI=1S/C16H15ClO7S.C4H10N2/c1-16(2,24-11-5-3-10(17)4-6-11)15(19)23-12-7-8-13(18)14(9-12)25(20,21)22;1-2-6-4-3-5-1/h3-9,18H,1-2H3,(H,20,21,22);5-6H,1-4H2. The topological polar surface area (TPSA) is 134 Å². The molecule has 0 unspecified atom stereocenters. The maximum atomic E-state index is 12.3. The molecule has 2 aromatic rings. The van der Waals surface area contributed by atoms with Crippen LogP contribution in [-0.2, 0) is 14.9 Å². The molecular formula is C20H25ClN2O7S. The van der Waals surface area contributed by atoms with E-state index in [0.717, 1.165) is 38.3 Å². The second-order valence-electron chi connectivity index (χ2n) is 7.06. The summed E-state index contributed by atoms with van der Waals surface area (Å²) in [5.74, 6) is -1.27. The highest BCUT2D eigenvalue weighted by molar-refractivity contribution is 7.86. The molecule has 0 radical (unpaired) electrons. The SMILES string of the molecule is C1CNCCN1.CC(C)(Oc1ccc(Cl)cc1)C(=O)Oc1ccc(O)c(S(=O)(=O)O)c1. The van der Waals surface area contributed by atoms with Crippen LogP contribution < -0.4 is 20.1 Å². The molecular weight excluding hydrogens is 448 g/mol. The highest BCUT2D eigenvalue weighted by Crippen LogP contribution is 2.28. The van der Waals surface area contributed by atoms with E-state index in [1.807, 2.05) is 0 Å². The van der Waals surface area contributed by atoms with Crippen molar-refractivity contribution in [3.05, 3.63) is 47.5 Å². The number of aromatic hydroxyl groups is 1. The average Bonchev–Trinajstić information content (AvgIpc) is 2.72. The Balaban J connectivity index is 0.000000488. The third kappa shape index (κ3) is 8.00. The summed E-state index contributed by atoms with van der Waals surface area (Å²) in [5, 5.41) is 16.4. The van der Waals surface area contributed by atoms with Crippen molar-refractivity contribution < 1.29 is 32.3 Å². The Kier molecular flexibility index (Phi) is 8.66. The normalized spacial score (nSPS) is 14.2. The van der Waals surface area contributed by atoms with Gasteiger partial charge in [0.25, 0.3) is 10.1 Å². The van der Waals surface area contributed by atoms with E-state index in [2.05, 4.69) is 10.6 Å². The minimum Gasteiger partial charge on any atom is -0.506 e. The number of nitrogens with one attached hydrogen (secondary N) is 2. The molecule has 0 atom stereocenters. The van der Waals surface area contributed by atoms with E-state index in [-0.39, 0.29) is 5.75 Å². The Hall–Kier alpha value is -2.37. The Bertz CT molecular complexity index is 980. The number of carbonyl (C=O) groups is 1. The number of carbonyl (C=O) groups excluding carboxylic acids is 1. The molecule has 31 heavy (non-hydrogen) atoms. The molecule has 2 aromatic carbocycles. The molecule has 0 spiro atoms. The maximum Gasteiger partial charge on any atom is 0.355 e. The van der Waals surface area contributed by atoms with Gasteiger partial charge < -0.3 is 25.2 Å². The van der Waals surface area contributed by atoms with Gasteiger partial charge in [-0.1, -0.05) is 11.6 Å². The number of phenols is 1. The van der Waals surface area contributed by atoms with Gasteiger partial charge in [0.05, 0.1) is 0 Å². The second kappa shape index (κ2) is 10.8. The minimum atomic E-state index is -4.66. The third-order valence-electron chi connectivity index (χ3n) is 4.06. The number of rotatable bonds is 5. The third-order valence-corrected chi connectivity index (χ3v) is 5.19. The van der Waals surface area contributed by atoms with E-state index in [0.29, 0.717) is 10.8 Å². The molecule has 1 heterocycles. The molecule has 1 aliphatic heterocycles. The molecule has 11 heteroatoms. The van der Waals surface area contributed by atoms with Crippen LogP contribution in [0.5, 0.6) is 17.2 Å². The van der Waals surface area contributed by atoms with Gasteiger partial charge in [-0.3, -0.25) is 4.55 Å². The van der Waals surface area contributed by atoms with Crippen LogP contribution >= 0.6 is 11.6 Å². The largest absolute Gasteiger partial charge is 0.506 e. The number of hydrogen-bond donors (Lipinski definition) is 4. The lowest BCUT2D eigenvalue weighted by atomic mass is 10.1. The fourth-order valence-electron chi connectivity index (χ4n) is 2.44. The minimum absolute atomic E-state index is 0.178. The van der Waals surface area contributed by atoms with Crippen molar-refractivity contribution in [2.24, 2.45) is 0 Å². The number of benzene rings is 2. The summed E-state index contributed by atoms with van der Waals surface area (Å²) in [6.07, 6.45) is 0. The average molecular weight is 473 g/mol. The van der Waals surface area contributed by atoms with Gasteiger partial charge >= 0.3 is 5.97 Å². The van der Waals surface area contributed by atoms with Crippen LogP contribution in [0, 0.1) is 0 Å². The summed E-state index contributed by atoms with van der Waals surface area (Å²) in [4.78, 5) is 11.5. The molecule has 0 aromatic heterocycles. The molecule has 0 amide bonds. The van der Waals surface area contributed by atoms with Crippen LogP contribution in [0.3, 0.4) is 0 Å². The molecule has 9 nitrogen and oxygen atoms in total. The van der Waals surface area contributed by atoms with E-state index >= 15 is 0 Å². The summed E-state index contributed by atoms with van der Waals surface area (Å²) in [6.45, 7) is 7.49. The van der Waals surface area contributed by atoms with Crippen molar-refractivity contribution in [3.8, 4) is 17.2 Å². The maximum absolute atomic E-state index is 12.3. The van der Waals surface area contributed by atoms with Gasteiger partial charge in [0.2, 0.25) is 5.60 Å². The number of esters is 1. The first-order chi connectivity index (χ1) is 14.5. The highest BCUT2D eigenvalue weighted by atomic mass is 35.5. The predicted molar refractivity (Wildman–Crippen MR) is 115 cm³/mol. The fourth-order valence-corrected chi connectivity index (χ4v) is 3.16. The van der Waals surface area contributed by atoms with Crippen LogP contribution in [0.4, 0.5) is 0 Å². The summed E-state index contributed by atoms with van der Waals surface area (Å²) >= 11 is 5.78. The highest BCUT2D eigenvalue weighted by Gasteiger charge is 2.33. The molecule has 4 N–H and O–H groups in total. The number of phenolic OH excluding ortho intramolecular Hbond substituents is 1. The first-order valence-electron chi connectivity index (χ1n) is 9.38. The first-order valence-corrected chi connectivity index (χ1v) is 11.2. The lowest BCUT2D eigenvalue weighted by Crippen LogP contribution is -2.41. The van der Waals surface area contributed by atoms with Crippen LogP contribution in [0.2, 0.25) is 5.02 Å². The van der Waals surface area contributed by atoms with Gasteiger partial charge in [-0.25, -0.2) is 4.79 Å². The molecule has 1 aliphatic rings. The van der Waals surface area contributed by atoms with Gasteiger partial charge in [-0.15, -0.1) is 0 Å². The van der Waals surface area contributed by atoms with E-state index in [9.17, 15) is 18.3 Å². The lowest BCUT2D eigenvalue weighted by Gasteiger charge is -2.24. The monoisotopic (exact) mass is 472 g/mol. The number of halogens is 1. The Morgan fingerprint density at radius 3 is 2.00 bits per heavy atom. The number of piperazine rings is 1. The van der Waals surface area contributed by atoms with Crippen LogP contribution in [0.25, 0.3) is 0 Å². The zero-order chi connectivity index (χ0) is 23.1. The lowest BCUT2D eigenvalue weighted by molar-refractivity contribution is -0.149. The van der Waals surface area contributed by atoms with Crippen molar-refractivity contribution in [3.63, 3.8) is 0 Å². The van der Waals surface area contributed by atoms with E-state index in [1.54, 1.807) is 24.3 Å². The van der Waals surface area contributed by atoms with Crippen molar-refractivity contribution in [2.75, 3.05) is 26.2 Å². The van der Waals surface area contributed by atoms with Gasteiger partial charge in [0.1, 0.15) is 22.1 Å². The van der Waals surface area contributed by atoms with E-state index in [1.165, 1.54) is 19.9 Å². The van der Waals surface area contributed by atoms with Crippen LogP contribution in [0.1, 0.15) is 13.8 Å². The predicted octanol–water partition coefficient (Wildman–Crippen LogP) is 2.23. The first kappa shape index (κ1) is 24.9. The summed E-state index contributed by atoms with van der Waals surface area (Å²) in [6, 6.07) is 9.34. The van der Waals surface area contributed by atoms with Crippen molar-refractivity contribution in [1.29, 1.82) is 0 Å². The molecule has 1 saturated heterocycles. The van der Waals surface area contributed by atoms with Crippen LogP contribution in [-0.4, -0.2) is 55.8 Å². The fraction of sp³-hybridized carbons (Fsp3) is 0.350. The quantitative estimate of drug-likeness (QED) is 0.293. The van der Waals surface area contributed by atoms with E-state index < -0.39 is 32.3 Å². The van der Waals surface area contributed by atoms with Crippen molar-refractivity contribution >= 4 is 27.7 Å². The molecule has 3 rings (SSSR count). The zero-order valence-electron chi connectivity index (χ0n) is 17.1. The summed E-state index contributed by atoms with van der Waals surface area (Å²) in [7, 11) is -4.66. The zero-order valence-corrected chi connectivity index (χ0v) is 18.7. The summed E-state index contributed by atoms with van der Waals surface area (Å²) in [5.41, 5.74) is -1.40. The smallest absolute Gasteiger partial charge is 0.355 e. The van der Waals surface area contributed by atoms with Crippen molar-refractivity contribution in [2.45, 2.75) is 24.3 Å². The molecule has 170 valence electrons. The van der Waals surface area contributed by atoms with Gasteiger partial charge in [0, 0.05) is 37.3 Å². The Labute approximate surface area is 186 Å². The summed E-state index contributed by atoms with van der Waals surface area (Å²) < 4.78 is 42.0. The number of ether oxygens (including phenoxy) is 2. The second-order valence-corrected chi connectivity index (χ2v) is 8.89. The molecule has 1 fully saturated rings. The van der Waals surface area contributed by atoms with Gasteiger partial charge in [-0.2, -0.15) is 8.42 Å². The molecule has 0 saturated carbocycles.